The molecule has 30 heavy (non-hydrogen) atoms. The Morgan fingerprint density at radius 1 is 1.00 bits per heavy atom. The van der Waals surface area contributed by atoms with Gasteiger partial charge in [-0.05, 0) is 31.4 Å². The molecule has 2 aromatic carbocycles. The summed E-state index contributed by atoms with van der Waals surface area (Å²) in [6, 6.07) is 15.2. The van der Waals surface area contributed by atoms with E-state index in [4.69, 9.17) is 4.74 Å². The maximum absolute atomic E-state index is 12.1. The summed E-state index contributed by atoms with van der Waals surface area (Å²) >= 11 is 0. The Bertz CT molecular complexity index is 1240. The molecule has 2 aromatic heterocycles. The van der Waals surface area contributed by atoms with Gasteiger partial charge in [-0.1, -0.05) is 36.4 Å². The Labute approximate surface area is 172 Å². The van der Waals surface area contributed by atoms with Crippen LogP contribution < -0.4 is 15.6 Å². The summed E-state index contributed by atoms with van der Waals surface area (Å²) in [5.74, 6) is 0.422. The maximum atomic E-state index is 12.1. The van der Waals surface area contributed by atoms with Gasteiger partial charge >= 0.3 is 0 Å². The first-order valence-corrected chi connectivity index (χ1v) is 9.38. The molecule has 0 spiro atoms. The minimum atomic E-state index is -0.479. The molecule has 4 aromatic rings. The van der Waals surface area contributed by atoms with E-state index >= 15 is 0 Å². The second kappa shape index (κ2) is 8.16. The van der Waals surface area contributed by atoms with Crippen LogP contribution in [0.5, 0.6) is 5.75 Å². The lowest BCUT2D eigenvalue weighted by Crippen LogP contribution is -2.44. The molecule has 0 saturated carbocycles. The summed E-state index contributed by atoms with van der Waals surface area (Å²) in [5.41, 5.74) is 6.37. The molecule has 0 atom stereocenters. The second-order valence-electron chi connectivity index (χ2n) is 6.82. The van der Waals surface area contributed by atoms with Crippen molar-refractivity contribution in [2.75, 3.05) is 6.61 Å². The first kappa shape index (κ1) is 19.3. The van der Waals surface area contributed by atoms with Gasteiger partial charge in [0.05, 0.1) is 6.42 Å². The number of aryl methyl sites for hydroxylation is 2. The van der Waals surface area contributed by atoms with Crippen LogP contribution in [0.25, 0.3) is 16.6 Å². The van der Waals surface area contributed by atoms with E-state index in [1.807, 2.05) is 56.3 Å². The number of fused-ring (bicyclic) bond motifs is 2. The molecule has 4 rings (SSSR count). The number of ether oxygens (including phenoxy) is 1. The van der Waals surface area contributed by atoms with Gasteiger partial charge in [0.15, 0.2) is 12.4 Å². The first-order valence-electron chi connectivity index (χ1n) is 9.38. The highest BCUT2D eigenvalue weighted by Gasteiger charge is 2.13. The number of nitrogens with one attached hydrogen (secondary N) is 2. The smallest absolute Gasteiger partial charge is 0.276 e. The summed E-state index contributed by atoms with van der Waals surface area (Å²) in [4.78, 5) is 32.7. The molecule has 9 heteroatoms. The van der Waals surface area contributed by atoms with Crippen LogP contribution in [0, 0.1) is 13.8 Å². The molecule has 0 radical (unpaired) electrons. The van der Waals surface area contributed by atoms with Gasteiger partial charge in [-0.25, -0.2) is 9.50 Å². The molecule has 0 aliphatic heterocycles. The van der Waals surface area contributed by atoms with Gasteiger partial charge in [0.1, 0.15) is 5.75 Å². The normalized spacial score (nSPS) is 10.9. The van der Waals surface area contributed by atoms with E-state index in [0.717, 1.165) is 22.2 Å². The Kier molecular flexibility index (Phi) is 5.25. The van der Waals surface area contributed by atoms with Crippen LogP contribution in [0.3, 0.4) is 0 Å². The van der Waals surface area contributed by atoms with Crippen LogP contribution in [0.2, 0.25) is 0 Å². The number of rotatable bonds is 5. The van der Waals surface area contributed by atoms with E-state index in [1.165, 1.54) is 0 Å². The molecule has 0 aliphatic carbocycles. The number of carbonyl (C=O) groups is 2. The molecule has 0 bridgehead atoms. The first-order chi connectivity index (χ1) is 14.5. The molecular weight excluding hydrogens is 384 g/mol. The molecule has 2 heterocycles. The Balaban J connectivity index is 1.30. The lowest BCUT2D eigenvalue weighted by Gasteiger charge is -2.10. The van der Waals surface area contributed by atoms with Crippen molar-refractivity contribution in [2.45, 2.75) is 20.3 Å². The number of carbonyl (C=O) groups excluding carboxylic acids is 2. The second-order valence-corrected chi connectivity index (χ2v) is 6.82. The molecule has 2 amide bonds. The molecule has 0 aliphatic rings. The highest BCUT2D eigenvalue weighted by molar-refractivity contribution is 5.89. The largest absolute Gasteiger partial charge is 0.483 e. The zero-order chi connectivity index (χ0) is 21.1. The van der Waals surface area contributed by atoms with Crippen molar-refractivity contribution < 1.29 is 14.3 Å². The van der Waals surface area contributed by atoms with Gasteiger partial charge < -0.3 is 4.74 Å². The van der Waals surface area contributed by atoms with E-state index in [-0.39, 0.29) is 13.0 Å². The summed E-state index contributed by atoms with van der Waals surface area (Å²) in [6.45, 7) is 3.52. The van der Waals surface area contributed by atoms with Crippen molar-refractivity contribution in [2.24, 2.45) is 0 Å². The predicted molar refractivity (Wildman–Crippen MR) is 110 cm³/mol. The fourth-order valence-corrected chi connectivity index (χ4v) is 3.11. The quantitative estimate of drug-likeness (QED) is 0.490. The Morgan fingerprint density at radius 3 is 2.63 bits per heavy atom. The van der Waals surface area contributed by atoms with Crippen LogP contribution in [-0.2, 0) is 16.0 Å². The zero-order valence-corrected chi connectivity index (χ0v) is 16.5. The van der Waals surface area contributed by atoms with Crippen molar-refractivity contribution in [3.8, 4) is 5.75 Å². The molecule has 152 valence electrons. The van der Waals surface area contributed by atoms with E-state index < -0.39 is 11.8 Å². The molecule has 0 saturated heterocycles. The minimum Gasteiger partial charge on any atom is -0.483 e. The highest BCUT2D eigenvalue weighted by atomic mass is 16.5. The summed E-state index contributed by atoms with van der Waals surface area (Å²) in [5, 5.41) is 6.20. The van der Waals surface area contributed by atoms with Crippen molar-refractivity contribution in [3.05, 3.63) is 65.7 Å². The van der Waals surface area contributed by atoms with Gasteiger partial charge in [0.25, 0.3) is 11.7 Å². The minimum absolute atomic E-state index is 0.0910. The average molecular weight is 404 g/mol. The van der Waals surface area contributed by atoms with Crippen molar-refractivity contribution in [1.29, 1.82) is 0 Å². The number of aromatic nitrogens is 4. The third-order valence-corrected chi connectivity index (χ3v) is 4.43. The SMILES string of the molecule is Cc1cc(C)n2nc(CC(=O)NNC(=O)COc3cccc4ccccc34)nc2n1. The Hall–Kier alpha value is -4.01. The number of benzene rings is 2. The topological polar surface area (TPSA) is 111 Å². The number of hydrogen-bond donors (Lipinski definition) is 2. The van der Waals surface area contributed by atoms with Crippen molar-refractivity contribution in [3.63, 3.8) is 0 Å². The standard InChI is InChI=1S/C21H20N6O3/c1-13-10-14(2)27-21(22-13)23-18(26-27)11-19(28)24-25-20(29)12-30-17-9-5-7-15-6-3-4-8-16(15)17/h3-10H,11-12H2,1-2H3,(H,24,28)(H,25,29). The predicted octanol–water partition coefficient (Wildman–Crippen LogP) is 1.66. The highest BCUT2D eigenvalue weighted by Crippen LogP contribution is 2.24. The molecular formula is C21H20N6O3. The van der Waals surface area contributed by atoms with Crippen LogP contribution >= 0.6 is 0 Å². The van der Waals surface area contributed by atoms with E-state index in [9.17, 15) is 9.59 Å². The van der Waals surface area contributed by atoms with Gasteiger partial charge in [-0.15, -0.1) is 5.10 Å². The molecule has 0 fully saturated rings. The van der Waals surface area contributed by atoms with Gasteiger partial charge in [-0.3, -0.25) is 20.4 Å². The van der Waals surface area contributed by atoms with Crippen LogP contribution in [0.15, 0.2) is 48.5 Å². The molecule has 0 unspecified atom stereocenters. The summed E-state index contributed by atoms with van der Waals surface area (Å²) in [6.07, 6.45) is -0.0910. The van der Waals surface area contributed by atoms with Crippen molar-refractivity contribution in [1.82, 2.24) is 30.4 Å². The fraction of sp³-hybridized carbons (Fsp3) is 0.190. The molecule has 9 nitrogen and oxygen atoms in total. The third kappa shape index (κ3) is 4.19. The van der Waals surface area contributed by atoms with Crippen LogP contribution in [0.4, 0.5) is 0 Å². The number of hydrazine groups is 1. The number of nitrogens with zero attached hydrogens (tertiary/aromatic N) is 4. The average Bonchev–Trinajstić information content (AvgIpc) is 3.13. The summed E-state index contributed by atoms with van der Waals surface area (Å²) < 4.78 is 7.17. The lowest BCUT2D eigenvalue weighted by molar-refractivity contribution is -0.129. The van der Waals surface area contributed by atoms with E-state index in [0.29, 0.717) is 17.4 Å². The number of hydrogen-bond acceptors (Lipinski definition) is 6. The number of amides is 2. The van der Waals surface area contributed by atoms with Gasteiger partial charge in [0.2, 0.25) is 5.91 Å². The zero-order valence-electron chi connectivity index (χ0n) is 16.5. The monoisotopic (exact) mass is 404 g/mol. The fourth-order valence-electron chi connectivity index (χ4n) is 3.11. The van der Waals surface area contributed by atoms with Crippen LogP contribution in [0.1, 0.15) is 17.2 Å². The van der Waals surface area contributed by atoms with Gasteiger partial charge in [0, 0.05) is 16.8 Å². The lowest BCUT2D eigenvalue weighted by atomic mass is 10.1. The molecule has 2 N–H and O–H groups in total. The van der Waals surface area contributed by atoms with E-state index in [1.54, 1.807) is 10.6 Å². The van der Waals surface area contributed by atoms with Crippen LogP contribution in [-0.4, -0.2) is 38.0 Å². The van der Waals surface area contributed by atoms with Gasteiger partial charge in [-0.2, -0.15) is 4.98 Å². The third-order valence-electron chi connectivity index (χ3n) is 4.43. The Morgan fingerprint density at radius 2 is 1.77 bits per heavy atom. The summed E-state index contributed by atoms with van der Waals surface area (Å²) in [7, 11) is 0. The van der Waals surface area contributed by atoms with E-state index in [2.05, 4.69) is 25.9 Å². The van der Waals surface area contributed by atoms with Crippen molar-refractivity contribution >= 4 is 28.4 Å². The maximum Gasteiger partial charge on any atom is 0.276 e.